The van der Waals surface area contributed by atoms with Gasteiger partial charge in [-0.3, -0.25) is 0 Å². The van der Waals surface area contributed by atoms with Gasteiger partial charge in [0.15, 0.2) is 0 Å². The van der Waals surface area contributed by atoms with Gasteiger partial charge in [-0.1, -0.05) is 110 Å². The maximum absolute atomic E-state index is 2.83. The minimum atomic E-state index is 1.29. The molecule has 0 bridgehead atoms. The van der Waals surface area contributed by atoms with Crippen molar-refractivity contribution in [2.75, 3.05) is 0 Å². The topological polar surface area (TPSA) is 0 Å². The predicted octanol–water partition coefficient (Wildman–Crippen LogP) is 6.83. The lowest BCUT2D eigenvalue weighted by atomic mass is 10.0. The minimum absolute atomic E-state index is 1.29. The van der Waals surface area contributed by atoms with Crippen molar-refractivity contribution >= 4 is 16.3 Å². The third-order valence-corrected chi connectivity index (χ3v) is 4.47. The van der Waals surface area contributed by atoms with Crippen LogP contribution in [0.25, 0.3) is 0 Å². The highest BCUT2D eigenvalue weighted by atomic mass is 27.0. The molecule has 112 valence electrons. The zero-order valence-corrected chi connectivity index (χ0v) is 14.8. The molecule has 0 unspecified atom stereocenters. The highest BCUT2D eigenvalue weighted by molar-refractivity contribution is 6.08. The fourth-order valence-corrected chi connectivity index (χ4v) is 2.98. The summed E-state index contributed by atoms with van der Waals surface area (Å²) >= 11 is 2.83. The third-order valence-electron chi connectivity index (χ3n) is 4.06. The highest BCUT2D eigenvalue weighted by Crippen LogP contribution is 2.13. The summed E-state index contributed by atoms with van der Waals surface area (Å²) in [5.41, 5.74) is 0. The first-order valence-corrected chi connectivity index (χ1v) is 9.93. The maximum Gasteiger partial charge on any atom is 0.118 e. The van der Waals surface area contributed by atoms with Gasteiger partial charge in [0.2, 0.25) is 0 Å². The van der Waals surface area contributed by atoms with Crippen molar-refractivity contribution in [2.24, 2.45) is 0 Å². The second kappa shape index (κ2) is 18.5. The summed E-state index contributed by atoms with van der Waals surface area (Å²) in [7, 11) is 0. The fraction of sp³-hybridized carbons (Fsp3) is 1.00. The van der Waals surface area contributed by atoms with Crippen LogP contribution >= 0.6 is 0 Å². The van der Waals surface area contributed by atoms with Gasteiger partial charge in [0.05, 0.1) is 0 Å². The summed E-state index contributed by atoms with van der Waals surface area (Å²) in [6.45, 7) is 2.29. The van der Waals surface area contributed by atoms with Gasteiger partial charge in [-0.15, -0.1) is 5.28 Å². The molecule has 0 aromatic carbocycles. The van der Waals surface area contributed by atoms with Crippen LogP contribution in [0.3, 0.4) is 0 Å². The van der Waals surface area contributed by atoms with Crippen LogP contribution in [0.5, 0.6) is 0 Å². The number of hydrogen-bond acceptors (Lipinski definition) is 0. The van der Waals surface area contributed by atoms with Crippen LogP contribution in [0, 0.1) is 0 Å². The normalized spacial score (nSPS) is 11.0. The number of unbranched alkanes of at least 4 members (excludes halogenated alkanes) is 15. The Labute approximate surface area is 131 Å². The monoisotopic (exact) mass is 280 g/mol. The van der Waals surface area contributed by atoms with E-state index in [0.29, 0.717) is 0 Å². The SMILES string of the molecule is CCCCCCCCCCCCCCCCC[CH2][Al]. The van der Waals surface area contributed by atoms with Gasteiger partial charge in [0, 0.05) is 0 Å². The molecule has 0 aromatic rings. The molecule has 0 atom stereocenters. The molecule has 19 heavy (non-hydrogen) atoms. The molecule has 0 aliphatic heterocycles. The predicted molar refractivity (Wildman–Crippen MR) is 90.1 cm³/mol. The molecule has 0 aliphatic rings. The Morgan fingerprint density at radius 3 is 0.947 bits per heavy atom. The fourth-order valence-electron chi connectivity index (χ4n) is 2.69. The zero-order chi connectivity index (χ0) is 14.0. The van der Waals surface area contributed by atoms with Gasteiger partial charge < -0.3 is 0 Å². The van der Waals surface area contributed by atoms with E-state index in [-0.39, 0.29) is 0 Å². The van der Waals surface area contributed by atoms with E-state index in [0.717, 1.165) is 0 Å². The van der Waals surface area contributed by atoms with Gasteiger partial charge >= 0.3 is 0 Å². The Bertz CT molecular complexity index is 129. The lowest BCUT2D eigenvalue weighted by Crippen LogP contribution is -1.83. The molecule has 0 heterocycles. The van der Waals surface area contributed by atoms with Gasteiger partial charge in [-0.25, -0.2) is 0 Å². The molecule has 0 saturated heterocycles. The molecule has 0 fully saturated rings. The van der Waals surface area contributed by atoms with E-state index in [2.05, 4.69) is 23.2 Å². The van der Waals surface area contributed by atoms with Crippen LogP contribution in [-0.2, 0) is 0 Å². The Hall–Kier alpha value is 0.532. The molecule has 0 nitrogen and oxygen atoms in total. The Balaban J connectivity index is 2.88. The summed E-state index contributed by atoms with van der Waals surface area (Å²) in [6.07, 6.45) is 23.4. The van der Waals surface area contributed by atoms with E-state index in [1.165, 1.54) is 108 Å². The first-order chi connectivity index (χ1) is 9.41. The van der Waals surface area contributed by atoms with Crippen LogP contribution in [0.1, 0.15) is 110 Å². The van der Waals surface area contributed by atoms with Gasteiger partial charge in [-0.05, 0) is 0 Å². The smallest absolute Gasteiger partial charge is 0.118 e. The average Bonchev–Trinajstić information content (AvgIpc) is 2.43. The molecular weight excluding hydrogens is 243 g/mol. The molecule has 0 N–H and O–H groups in total. The van der Waals surface area contributed by atoms with E-state index in [1.807, 2.05) is 0 Å². The molecule has 0 aliphatic carbocycles. The summed E-state index contributed by atoms with van der Waals surface area (Å²) in [5, 5.41) is 1.29. The van der Waals surface area contributed by atoms with Crippen molar-refractivity contribution in [3.8, 4) is 0 Å². The van der Waals surface area contributed by atoms with Crippen molar-refractivity contribution in [1.82, 2.24) is 0 Å². The summed E-state index contributed by atoms with van der Waals surface area (Å²) in [6, 6.07) is 0. The largest absolute Gasteiger partial charge is 0.118 e. The molecule has 2 radical (unpaired) electrons. The zero-order valence-electron chi connectivity index (χ0n) is 13.6. The quantitative estimate of drug-likeness (QED) is 0.214. The van der Waals surface area contributed by atoms with Crippen LogP contribution < -0.4 is 0 Å². The van der Waals surface area contributed by atoms with Crippen molar-refractivity contribution in [3.63, 3.8) is 0 Å². The van der Waals surface area contributed by atoms with Gasteiger partial charge in [-0.2, -0.15) is 0 Å². The Kier molecular flexibility index (Phi) is 19.1. The summed E-state index contributed by atoms with van der Waals surface area (Å²) in [4.78, 5) is 0. The van der Waals surface area contributed by atoms with Crippen molar-refractivity contribution in [1.29, 1.82) is 0 Å². The maximum atomic E-state index is 2.83. The Morgan fingerprint density at radius 1 is 0.421 bits per heavy atom. The molecular formula is C18H37Al. The van der Waals surface area contributed by atoms with Crippen molar-refractivity contribution < 1.29 is 0 Å². The second-order valence-electron chi connectivity index (χ2n) is 6.09. The van der Waals surface area contributed by atoms with Gasteiger partial charge in [0.1, 0.15) is 16.3 Å². The van der Waals surface area contributed by atoms with Gasteiger partial charge in [0.25, 0.3) is 0 Å². The van der Waals surface area contributed by atoms with Crippen LogP contribution in [-0.4, -0.2) is 16.3 Å². The summed E-state index contributed by atoms with van der Waals surface area (Å²) < 4.78 is 0. The van der Waals surface area contributed by atoms with E-state index in [4.69, 9.17) is 0 Å². The van der Waals surface area contributed by atoms with E-state index >= 15 is 0 Å². The standard InChI is InChI=1S/C18H37.Al/c1-3-5-7-9-11-13-15-17-18-16-14-12-10-8-6-4-2;/h1,3-18H2,2H3;. The van der Waals surface area contributed by atoms with Crippen molar-refractivity contribution in [3.05, 3.63) is 0 Å². The third kappa shape index (κ3) is 18.5. The highest BCUT2D eigenvalue weighted by Gasteiger charge is 1.93. The molecule has 0 rings (SSSR count). The number of rotatable bonds is 16. The molecule has 0 aromatic heterocycles. The van der Waals surface area contributed by atoms with Crippen molar-refractivity contribution in [2.45, 2.75) is 115 Å². The first kappa shape index (κ1) is 19.5. The molecule has 0 saturated carbocycles. The van der Waals surface area contributed by atoms with Crippen LogP contribution in [0.15, 0.2) is 0 Å². The lowest BCUT2D eigenvalue weighted by Gasteiger charge is -2.03. The average molecular weight is 280 g/mol. The minimum Gasteiger partial charge on any atom is -0.118 e. The second-order valence-corrected chi connectivity index (χ2v) is 6.67. The van der Waals surface area contributed by atoms with E-state index in [9.17, 15) is 0 Å². The summed E-state index contributed by atoms with van der Waals surface area (Å²) in [5.74, 6) is 0. The van der Waals surface area contributed by atoms with Crippen LogP contribution in [0.2, 0.25) is 5.28 Å². The first-order valence-electron chi connectivity index (χ1n) is 9.12. The van der Waals surface area contributed by atoms with E-state index in [1.54, 1.807) is 0 Å². The van der Waals surface area contributed by atoms with E-state index < -0.39 is 0 Å². The molecule has 1 heteroatoms. The van der Waals surface area contributed by atoms with Crippen LogP contribution in [0.4, 0.5) is 0 Å². The molecule has 0 amide bonds. The Morgan fingerprint density at radius 2 is 0.684 bits per heavy atom. The molecule has 0 spiro atoms. The number of hydrogen-bond donors (Lipinski definition) is 0. The lowest BCUT2D eigenvalue weighted by molar-refractivity contribution is 0.531.